The van der Waals surface area contributed by atoms with Crippen molar-refractivity contribution in [3.63, 3.8) is 0 Å². The van der Waals surface area contributed by atoms with E-state index in [9.17, 15) is 0 Å². The minimum Gasteiger partial charge on any atom is -0.330 e. The van der Waals surface area contributed by atoms with Crippen molar-refractivity contribution in [1.29, 1.82) is 5.26 Å². The second-order valence-corrected chi connectivity index (χ2v) is 6.49. The van der Waals surface area contributed by atoms with Crippen LogP contribution in [-0.4, -0.2) is 41.1 Å². The summed E-state index contributed by atoms with van der Waals surface area (Å²) in [6, 6.07) is 3.03. The van der Waals surface area contributed by atoms with Gasteiger partial charge in [-0.15, -0.1) is 0 Å². The fraction of sp³-hybridized carbons (Fsp3) is 0.923. The molecule has 0 aromatic rings. The number of nitrogens with zero attached hydrogens (tertiary/aromatic N) is 3. The van der Waals surface area contributed by atoms with Crippen LogP contribution in [0.4, 0.5) is 0 Å². The third-order valence-electron chi connectivity index (χ3n) is 2.65. The summed E-state index contributed by atoms with van der Waals surface area (Å²) in [6.07, 6.45) is 0.462. The molecule has 0 N–H and O–H groups in total. The Balaban J connectivity index is 4.85. The lowest BCUT2D eigenvalue weighted by molar-refractivity contribution is 0.221. The van der Waals surface area contributed by atoms with E-state index < -0.39 is 8.45 Å². The molecular formula is C13H28N3OP. The van der Waals surface area contributed by atoms with Crippen molar-refractivity contribution >= 4 is 8.45 Å². The summed E-state index contributed by atoms with van der Waals surface area (Å²) in [7, 11) is -0.763. The van der Waals surface area contributed by atoms with Crippen LogP contribution in [0, 0.1) is 11.3 Å². The molecule has 0 aromatic carbocycles. The zero-order valence-corrected chi connectivity index (χ0v) is 13.6. The molecule has 0 saturated heterocycles. The lowest BCUT2D eigenvalue weighted by atomic mass is 10.3. The van der Waals surface area contributed by atoms with Gasteiger partial charge in [-0.3, -0.25) is 0 Å². The average molecular weight is 273 g/mol. The van der Waals surface area contributed by atoms with Gasteiger partial charge in [0.25, 0.3) is 0 Å². The predicted octanol–water partition coefficient (Wildman–Crippen LogP) is 3.60. The maximum atomic E-state index is 8.64. The molecule has 0 aliphatic carbocycles. The topological polar surface area (TPSA) is 39.5 Å². The summed E-state index contributed by atoms with van der Waals surface area (Å²) in [5, 5.41) is 8.64. The Morgan fingerprint density at radius 2 is 1.61 bits per heavy atom. The molecule has 0 fully saturated rings. The van der Waals surface area contributed by atoms with Crippen LogP contribution in [0.1, 0.15) is 48.0 Å². The van der Waals surface area contributed by atoms with Crippen molar-refractivity contribution < 1.29 is 4.52 Å². The first-order valence-corrected chi connectivity index (χ1v) is 7.99. The van der Waals surface area contributed by atoms with Crippen LogP contribution in [0.3, 0.4) is 0 Å². The van der Waals surface area contributed by atoms with Crippen LogP contribution in [0.5, 0.6) is 0 Å². The maximum Gasteiger partial charge on any atom is 0.188 e. The summed E-state index contributed by atoms with van der Waals surface area (Å²) < 4.78 is 10.8. The summed E-state index contributed by atoms with van der Waals surface area (Å²) in [5.41, 5.74) is 0. The highest BCUT2D eigenvalue weighted by Crippen LogP contribution is 2.47. The van der Waals surface area contributed by atoms with Crippen LogP contribution in [0.2, 0.25) is 0 Å². The first-order valence-electron chi connectivity index (χ1n) is 6.82. The minimum absolute atomic E-state index is 0.443. The van der Waals surface area contributed by atoms with Crippen LogP contribution in [0.15, 0.2) is 0 Å². The van der Waals surface area contributed by atoms with Gasteiger partial charge in [-0.2, -0.15) is 5.26 Å². The Hall–Kier alpha value is -0.200. The van der Waals surface area contributed by atoms with Crippen molar-refractivity contribution in [3.8, 4) is 6.07 Å². The highest BCUT2D eigenvalue weighted by atomic mass is 31.2. The molecule has 0 aliphatic heterocycles. The number of hydrogen-bond acceptors (Lipinski definition) is 4. The standard InChI is InChI=1S/C13H28N3OP/c1-7-15(8-2)18(17-11-9-10-14)16(12(3)4)13(5)6/h12-13H,7-9,11H2,1-6H3. The van der Waals surface area contributed by atoms with E-state index in [4.69, 9.17) is 9.79 Å². The van der Waals surface area contributed by atoms with Crippen molar-refractivity contribution in [3.05, 3.63) is 0 Å². The highest BCUT2D eigenvalue weighted by molar-refractivity contribution is 7.47. The molecule has 0 saturated carbocycles. The molecule has 0 aromatic heterocycles. The van der Waals surface area contributed by atoms with Gasteiger partial charge >= 0.3 is 0 Å². The monoisotopic (exact) mass is 273 g/mol. The van der Waals surface area contributed by atoms with Gasteiger partial charge in [0.15, 0.2) is 8.45 Å². The molecule has 0 spiro atoms. The van der Waals surface area contributed by atoms with Crippen LogP contribution in [0.25, 0.3) is 0 Å². The molecular weight excluding hydrogens is 245 g/mol. The second kappa shape index (κ2) is 9.69. The van der Waals surface area contributed by atoms with E-state index in [1.165, 1.54) is 0 Å². The predicted molar refractivity (Wildman–Crippen MR) is 78.1 cm³/mol. The zero-order chi connectivity index (χ0) is 14.1. The van der Waals surface area contributed by atoms with Gasteiger partial charge in [0.1, 0.15) is 0 Å². The van der Waals surface area contributed by atoms with Gasteiger partial charge in [-0.1, -0.05) is 13.8 Å². The van der Waals surface area contributed by atoms with Gasteiger partial charge in [0, 0.05) is 25.2 Å². The Kier molecular flexibility index (Phi) is 9.59. The second-order valence-electron chi connectivity index (χ2n) is 4.70. The van der Waals surface area contributed by atoms with Crippen LogP contribution in [-0.2, 0) is 4.52 Å². The first kappa shape index (κ1) is 17.8. The van der Waals surface area contributed by atoms with E-state index in [0.29, 0.717) is 25.1 Å². The van der Waals surface area contributed by atoms with Gasteiger partial charge < -0.3 is 4.52 Å². The molecule has 1 atom stereocenters. The van der Waals surface area contributed by atoms with Crippen LogP contribution >= 0.6 is 8.45 Å². The van der Waals surface area contributed by atoms with Crippen molar-refractivity contribution in [2.24, 2.45) is 0 Å². The first-order chi connectivity index (χ1) is 8.49. The summed E-state index contributed by atoms with van der Waals surface area (Å²) in [5.74, 6) is 0. The molecule has 0 heterocycles. The Bertz CT molecular complexity index is 241. The molecule has 1 unspecified atom stereocenters. The van der Waals surface area contributed by atoms with Gasteiger partial charge in [-0.25, -0.2) is 9.34 Å². The molecule has 0 amide bonds. The molecule has 0 radical (unpaired) electrons. The van der Waals surface area contributed by atoms with E-state index in [1.807, 2.05) is 0 Å². The Morgan fingerprint density at radius 3 is 1.94 bits per heavy atom. The smallest absolute Gasteiger partial charge is 0.188 e. The van der Waals surface area contributed by atoms with E-state index in [2.05, 4.69) is 57.0 Å². The fourth-order valence-electron chi connectivity index (χ4n) is 1.92. The number of rotatable bonds is 9. The molecule has 4 nitrogen and oxygen atoms in total. The molecule has 5 heteroatoms. The largest absolute Gasteiger partial charge is 0.330 e. The third-order valence-corrected chi connectivity index (χ3v) is 5.43. The molecule has 106 valence electrons. The zero-order valence-electron chi connectivity index (χ0n) is 12.7. The highest BCUT2D eigenvalue weighted by Gasteiger charge is 2.29. The Labute approximate surface area is 114 Å². The molecule has 0 bridgehead atoms. The van der Waals surface area contributed by atoms with Crippen LogP contribution < -0.4 is 0 Å². The van der Waals surface area contributed by atoms with Gasteiger partial charge in [-0.05, 0) is 27.7 Å². The summed E-state index contributed by atoms with van der Waals surface area (Å²) in [6.45, 7) is 15.6. The third kappa shape index (κ3) is 5.63. The minimum atomic E-state index is -0.763. The molecule has 0 aliphatic rings. The normalized spacial score (nSPS) is 13.6. The average Bonchev–Trinajstić information content (AvgIpc) is 2.29. The Morgan fingerprint density at radius 1 is 1.11 bits per heavy atom. The van der Waals surface area contributed by atoms with Gasteiger partial charge in [0.05, 0.1) is 19.1 Å². The summed E-state index contributed by atoms with van der Waals surface area (Å²) >= 11 is 0. The number of hydrogen-bond donors (Lipinski definition) is 0. The maximum absolute atomic E-state index is 8.64. The van der Waals surface area contributed by atoms with Gasteiger partial charge in [0.2, 0.25) is 0 Å². The quantitative estimate of drug-likeness (QED) is 0.475. The number of nitriles is 1. The SMILES string of the molecule is CCN(CC)P(OCCC#N)N(C(C)C)C(C)C. The lowest BCUT2D eigenvalue weighted by Gasteiger charge is -2.41. The van der Waals surface area contributed by atoms with Crippen molar-refractivity contribution in [1.82, 2.24) is 9.34 Å². The van der Waals surface area contributed by atoms with Crippen molar-refractivity contribution in [2.45, 2.75) is 60.0 Å². The van der Waals surface area contributed by atoms with E-state index in [0.717, 1.165) is 13.1 Å². The molecule has 0 rings (SSSR count). The van der Waals surface area contributed by atoms with E-state index in [1.54, 1.807) is 0 Å². The molecule has 18 heavy (non-hydrogen) atoms. The fourth-order valence-corrected chi connectivity index (χ4v) is 4.04. The van der Waals surface area contributed by atoms with E-state index >= 15 is 0 Å². The van der Waals surface area contributed by atoms with E-state index in [-0.39, 0.29) is 0 Å². The van der Waals surface area contributed by atoms with Crippen molar-refractivity contribution in [2.75, 3.05) is 19.7 Å². The summed E-state index contributed by atoms with van der Waals surface area (Å²) in [4.78, 5) is 0. The lowest BCUT2D eigenvalue weighted by Crippen LogP contribution is -2.38.